The lowest BCUT2D eigenvalue weighted by Gasteiger charge is -2.22. The van der Waals surface area contributed by atoms with Crippen molar-refractivity contribution in [3.63, 3.8) is 0 Å². The molecule has 7 nitrogen and oxygen atoms in total. The summed E-state index contributed by atoms with van der Waals surface area (Å²) in [5.74, 6) is -1.57. The molecule has 0 spiro atoms. The lowest BCUT2D eigenvalue weighted by molar-refractivity contribution is -0.130. The number of unbranched alkanes of at least 4 members (excludes halogenated alkanes) is 17. The van der Waals surface area contributed by atoms with E-state index in [0.717, 1.165) is 51.4 Å². The van der Waals surface area contributed by atoms with Crippen molar-refractivity contribution < 1.29 is 28.0 Å². The molecule has 0 fully saturated rings. The van der Waals surface area contributed by atoms with E-state index >= 15 is 0 Å². The van der Waals surface area contributed by atoms with Crippen molar-refractivity contribution in [3.05, 3.63) is 36.5 Å². The molecule has 0 aromatic rings. The number of aliphatic hydroxyl groups excluding tert-OH is 2. The van der Waals surface area contributed by atoms with Crippen LogP contribution in [0.5, 0.6) is 0 Å². The van der Waals surface area contributed by atoms with Gasteiger partial charge >= 0.3 is 0 Å². The van der Waals surface area contributed by atoms with E-state index in [-0.39, 0.29) is 6.42 Å². The number of rotatable bonds is 30. The van der Waals surface area contributed by atoms with E-state index in [2.05, 4.69) is 43.5 Å². The van der Waals surface area contributed by atoms with Crippen LogP contribution in [0.2, 0.25) is 0 Å². The predicted octanol–water partition coefficient (Wildman–Crippen LogP) is 8.37. The number of aliphatic hydroxyl groups is 2. The molecule has 0 aliphatic carbocycles. The molecule has 0 aromatic heterocycles. The van der Waals surface area contributed by atoms with Gasteiger partial charge in [0.2, 0.25) is 5.91 Å². The van der Waals surface area contributed by atoms with Crippen molar-refractivity contribution in [2.75, 3.05) is 5.75 Å². The van der Waals surface area contributed by atoms with Gasteiger partial charge in [0, 0.05) is 0 Å². The SMILES string of the molecule is CCC/C=C/CC/C=C/CC/C=C/C(O)C(CS(=O)(=O)O)NC(=O)C(O)CCCCCCCCCCCCCCCCC. The van der Waals surface area contributed by atoms with Gasteiger partial charge in [-0.3, -0.25) is 9.35 Å². The number of hydrogen-bond donors (Lipinski definition) is 4. The predicted molar refractivity (Wildman–Crippen MR) is 181 cm³/mol. The minimum absolute atomic E-state index is 0.273. The van der Waals surface area contributed by atoms with Gasteiger partial charge in [-0.1, -0.05) is 153 Å². The fourth-order valence-corrected chi connectivity index (χ4v) is 5.70. The summed E-state index contributed by atoms with van der Waals surface area (Å²) in [5.41, 5.74) is 0. The number of carbonyl (C=O) groups excluding carboxylic acids is 1. The highest BCUT2D eigenvalue weighted by Gasteiger charge is 2.27. The molecule has 3 unspecified atom stereocenters. The molecule has 1 amide bonds. The molecule has 0 aromatic carbocycles. The van der Waals surface area contributed by atoms with E-state index in [1.807, 2.05) is 0 Å². The van der Waals surface area contributed by atoms with Crippen molar-refractivity contribution >= 4 is 16.0 Å². The van der Waals surface area contributed by atoms with Gasteiger partial charge in [-0.25, -0.2) is 0 Å². The van der Waals surface area contributed by atoms with E-state index < -0.39 is 40.0 Å². The summed E-state index contributed by atoms with van der Waals surface area (Å²) in [6, 6.07) is -1.25. The first kappa shape index (κ1) is 41.5. The van der Waals surface area contributed by atoms with Crippen LogP contribution in [0.3, 0.4) is 0 Å². The third kappa shape index (κ3) is 29.0. The molecule has 0 aliphatic rings. The molecule has 252 valence electrons. The summed E-state index contributed by atoms with van der Waals surface area (Å²) < 4.78 is 32.3. The molecule has 0 rings (SSSR count). The second kappa shape index (κ2) is 29.2. The molecule has 3 atom stereocenters. The molecule has 0 heterocycles. The van der Waals surface area contributed by atoms with E-state index in [1.165, 1.54) is 76.7 Å². The van der Waals surface area contributed by atoms with E-state index in [4.69, 9.17) is 0 Å². The average molecular weight is 628 g/mol. The Kier molecular flexibility index (Phi) is 28.2. The second-order valence-electron chi connectivity index (χ2n) is 11.9. The molecule has 0 aliphatic heterocycles. The lowest BCUT2D eigenvalue weighted by Crippen LogP contribution is -2.50. The molecule has 0 radical (unpaired) electrons. The summed E-state index contributed by atoms with van der Waals surface area (Å²) in [6.07, 6.45) is 33.5. The first-order valence-corrected chi connectivity index (χ1v) is 18.9. The van der Waals surface area contributed by atoms with Crippen molar-refractivity contribution in [3.8, 4) is 0 Å². The molecule has 0 saturated heterocycles. The van der Waals surface area contributed by atoms with E-state index in [9.17, 15) is 28.0 Å². The number of hydrogen-bond acceptors (Lipinski definition) is 5. The Morgan fingerprint density at radius 3 is 1.49 bits per heavy atom. The first-order valence-electron chi connectivity index (χ1n) is 17.3. The Labute approximate surface area is 264 Å². The van der Waals surface area contributed by atoms with Gasteiger partial charge in [-0.05, 0) is 38.5 Å². The van der Waals surface area contributed by atoms with E-state index in [1.54, 1.807) is 6.08 Å². The zero-order valence-electron chi connectivity index (χ0n) is 27.4. The summed E-state index contributed by atoms with van der Waals surface area (Å²) in [6.45, 7) is 4.40. The van der Waals surface area contributed by atoms with Crippen molar-refractivity contribution in [1.82, 2.24) is 5.32 Å². The van der Waals surface area contributed by atoms with Crippen LogP contribution in [-0.2, 0) is 14.9 Å². The standard InChI is InChI=1S/C35H65NO6S/c1-3-5-7-9-11-13-15-16-17-18-20-22-24-26-28-30-34(38)35(39)36-32(31-43(40,41)42)33(37)29-27-25-23-21-19-14-12-10-8-6-4-2/h8,10,19,21,27,29,32-34,37-38H,3-7,9,11-18,20,22-26,28,30-31H2,1-2H3,(H,36,39)(H,40,41,42)/b10-8+,21-19+,29-27+. The van der Waals surface area contributed by atoms with Crippen LogP contribution in [0.15, 0.2) is 36.5 Å². The number of carbonyl (C=O) groups is 1. The molecule has 8 heteroatoms. The summed E-state index contributed by atoms with van der Waals surface area (Å²) in [4.78, 5) is 12.5. The molecular weight excluding hydrogens is 562 g/mol. The van der Waals surface area contributed by atoms with Crippen molar-refractivity contribution in [2.45, 2.75) is 173 Å². The zero-order chi connectivity index (χ0) is 32.0. The Bertz CT molecular complexity index is 839. The fourth-order valence-electron chi connectivity index (χ4n) is 4.96. The van der Waals surface area contributed by atoms with Gasteiger partial charge in [-0.2, -0.15) is 8.42 Å². The summed E-state index contributed by atoms with van der Waals surface area (Å²) in [7, 11) is -4.44. The lowest BCUT2D eigenvalue weighted by atomic mass is 10.0. The number of allylic oxidation sites excluding steroid dienone is 5. The van der Waals surface area contributed by atoms with Gasteiger partial charge in [0.1, 0.15) is 6.10 Å². The highest BCUT2D eigenvalue weighted by Crippen LogP contribution is 2.14. The molecule has 0 saturated carbocycles. The minimum atomic E-state index is -4.44. The Hall–Kier alpha value is -1.48. The highest BCUT2D eigenvalue weighted by atomic mass is 32.2. The molecular formula is C35H65NO6S. The summed E-state index contributed by atoms with van der Waals surface area (Å²) >= 11 is 0. The summed E-state index contributed by atoms with van der Waals surface area (Å²) in [5, 5.41) is 23.2. The largest absolute Gasteiger partial charge is 0.387 e. The van der Waals surface area contributed by atoms with Gasteiger partial charge in [0.25, 0.3) is 10.1 Å². The van der Waals surface area contributed by atoms with Crippen LogP contribution in [-0.4, -0.2) is 53.1 Å². The van der Waals surface area contributed by atoms with Crippen molar-refractivity contribution in [1.29, 1.82) is 0 Å². The van der Waals surface area contributed by atoms with Crippen LogP contribution in [0.4, 0.5) is 0 Å². The molecule has 43 heavy (non-hydrogen) atoms. The van der Waals surface area contributed by atoms with Gasteiger partial charge < -0.3 is 15.5 Å². The third-order valence-corrected chi connectivity index (χ3v) is 8.42. The maximum atomic E-state index is 12.5. The molecule has 4 N–H and O–H groups in total. The Balaban J connectivity index is 4.17. The van der Waals surface area contributed by atoms with Crippen LogP contribution in [0.1, 0.15) is 155 Å². The average Bonchev–Trinajstić information content (AvgIpc) is 2.96. The van der Waals surface area contributed by atoms with Gasteiger partial charge in [0.05, 0.1) is 17.9 Å². The normalized spacial score (nSPS) is 14.6. The van der Waals surface area contributed by atoms with Crippen LogP contribution < -0.4 is 5.32 Å². The van der Waals surface area contributed by atoms with Gasteiger partial charge in [0.15, 0.2) is 0 Å². The first-order chi connectivity index (χ1) is 20.7. The zero-order valence-corrected chi connectivity index (χ0v) is 28.3. The smallest absolute Gasteiger partial charge is 0.267 e. The maximum absolute atomic E-state index is 12.5. The topological polar surface area (TPSA) is 124 Å². The number of nitrogens with one attached hydrogen (secondary N) is 1. The van der Waals surface area contributed by atoms with E-state index in [0.29, 0.717) is 12.8 Å². The van der Waals surface area contributed by atoms with Crippen LogP contribution >= 0.6 is 0 Å². The third-order valence-electron chi connectivity index (χ3n) is 7.64. The van der Waals surface area contributed by atoms with Gasteiger partial charge in [-0.15, -0.1) is 0 Å². The second-order valence-corrected chi connectivity index (χ2v) is 13.4. The number of amides is 1. The fraction of sp³-hybridized carbons (Fsp3) is 0.800. The monoisotopic (exact) mass is 627 g/mol. The quantitative estimate of drug-likeness (QED) is 0.0360. The maximum Gasteiger partial charge on any atom is 0.267 e. The Morgan fingerprint density at radius 2 is 1.05 bits per heavy atom. The molecule has 0 bridgehead atoms. The highest BCUT2D eigenvalue weighted by molar-refractivity contribution is 7.85. The van der Waals surface area contributed by atoms with Crippen LogP contribution in [0.25, 0.3) is 0 Å². The minimum Gasteiger partial charge on any atom is -0.387 e. The van der Waals surface area contributed by atoms with Crippen LogP contribution in [0, 0.1) is 0 Å². The Morgan fingerprint density at radius 1 is 0.628 bits per heavy atom. The van der Waals surface area contributed by atoms with Crippen molar-refractivity contribution in [2.24, 2.45) is 0 Å².